The first-order valence-electron chi connectivity index (χ1n) is 8.59. The van der Waals surface area contributed by atoms with Gasteiger partial charge in [0.25, 0.3) is 5.91 Å². The zero-order chi connectivity index (χ0) is 15.2. The maximum absolute atomic E-state index is 12.5. The lowest BCUT2D eigenvalue weighted by Gasteiger charge is -2.27. The number of carbonyl (C=O) groups is 1. The van der Waals surface area contributed by atoms with E-state index in [1.807, 2.05) is 29.2 Å². The molecule has 22 heavy (non-hydrogen) atoms. The molecule has 0 bridgehead atoms. The van der Waals surface area contributed by atoms with Gasteiger partial charge in [-0.15, -0.1) is 0 Å². The van der Waals surface area contributed by atoms with Crippen LogP contribution in [0.2, 0.25) is 0 Å². The predicted octanol–water partition coefficient (Wildman–Crippen LogP) is 3.23. The van der Waals surface area contributed by atoms with E-state index in [0.29, 0.717) is 6.61 Å². The van der Waals surface area contributed by atoms with Crippen LogP contribution in [-0.4, -0.2) is 42.0 Å². The van der Waals surface area contributed by atoms with Gasteiger partial charge in [-0.2, -0.15) is 5.06 Å². The average molecular weight is 302 g/mol. The standard InChI is InChI=1S/C18H26N2O2/c21-18(19-10-3-1-4-11-19)17-9-7-8-16(14-17)15-22-20-12-5-2-6-13-20/h7-9,14H,1-6,10-13,15H2. The van der Waals surface area contributed by atoms with Crippen LogP contribution >= 0.6 is 0 Å². The Morgan fingerprint density at radius 2 is 1.64 bits per heavy atom. The molecule has 0 unspecified atom stereocenters. The van der Waals surface area contributed by atoms with E-state index in [0.717, 1.165) is 50.1 Å². The molecule has 1 aromatic carbocycles. The number of hydroxylamine groups is 2. The lowest BCUT2D eigenvalue weighted by Crippen LogP contribution is -2.35. The lowest BCUT2D eigenvalue weighted by molar-refractivity contribution is -0.178. The van der Waals surface area contributed by atoms with Gasteiger partial charge in [0.05, 0.1) is 6.61 Å². The SMILES string of the molecule is O=C(c1cccc(CON2CCCCC2)c1)N1CCCCC1. The summed E-state index contributed by atoms with van der Waals surface area (Å²) >= 11 is 0. The van der Waals surface area contributed by atoms with Gasteiger partial charge in [0.1, 0.15) is 0 Å². The lowest BCUT2D eigenvalue weighted by atomic mass is 10.1. The molecule has 4 heteroatoms. The zero-order valence-electron chi connectivity index (χ0n) is 13.3. The first-order valence-corrected chi connectivity index (χ1v) is 8.59. The first-order chi connectivity index (χ1) is 10.8. The molecule has 2 aliphatic heterocycles. The number of benzene rings is 1. The van der Waals surface area contributed by atoms with E-state index >= 15 is 0 Å². The van der Waals surface area contributed by atoms with Gasteiger partial charge in [-0.25, -0.2) is 0 Å². The average Bonchev–Trinajstić information content (AvgIpc) is 2.61. The van der Waals surface area contributed by atoms with Crippen molar-refractivity contribution in [2.45, 2.75) is 45.1 Å². The van der Waals surface area contributed by atoms with Gasteiger partial charge in [0, 0.05) is 31.7 Å². The Morgan fingerprint density at radius 3 is 2.36 bits per heavy atom. The third kappa shape index (κ3) is 4.08. The molecule has 0 N–H and O–H groups in total. The van der Waals surface area contributed by atoms with Gasteiger partial charge in [-0.05, 0) is 49.8 Å². The zero-order valence-corrected chi connectivity index (χ0v) is 13.3. The predicted molar refractivity (Wildman–Crippen MR) is 86.4 cm³/mol. The van der Waals surface area contributed by atoms with E-state index in [1.165, 1.54) is 25.7 Å². The Morgan fingerprint density at radius 1 is 0.955 bits per heavy atom. The largest absolute Gasteiger partial charge is 0.339 e. The maximum atomic E-state index is 12.5. The summed E-state index contributed by atoms with van der Waals surface area (Å²) in [6, 6.07) is 7.91. The highest BCUT2D eigenvalue weighted by Crippen LogP contribution is 2.16. The number of nitrogens with zero attached hydrogens (tertiary/aromatic N) is 2. The smallest absolute Gasteiger partial charge is 0.253 e. The van der Waals surface area contributed by atoms with Gasteiger partial charge >= 0.3 is 0 Å². The van der Waals surface area contributed by atoms with Gasteiger partial charge in [-0.3, -0.25) is 9.63 Å². The number of piperidine rings is 2. The molecule has 2 saturated heterocycles. The second-order valence-electron chi connectivity index (χ2n) is 6.32. The number of likely N-dealkylation sites (tertiary alicyclic amines) is 1. The summed E-state index contributed by atoms with van der Waals surface area (Å²) < 4.78 is 0. The van der Waals surface area contributed by atoms with Crippen molar-refractivity contribution >= 4 is 5.91 Å². The Balaban J connectivity index is 1.58. The van der Waals surface area contributed by atoms with Crippen molar-refractivity contribution < 1.29 is 9.63 Å². The third-order valence-corrected chi connectivity index (χ3v) is 4.55. The number of hydrogen-bond donors (Lipinski definition) is 0. The number of carbonyl (C=O) groups excluding carboxylic acids is 1. The molecule has 4 nitrogen and oxygen atoms in total. The van der Waals surface area contributed by atoms with Crippen molar-refractivity contribution in [1.29, 1.82) is 0 Å². The molecular weight excluding hydrogens is 276 g/mol. The van der Waals surface area contributed by atoms with Crippen LogP contribution in [0, 0.1) is 0 Å². The Bertz CT molecular complexity index is 492. The summed E-state index contributed by atoms with van der Waals surface area (Å²) in [5, 5.41) is 2.06. The van der Waals surface area contributed by atoms with E-state index in [1.54, 1.807) is 0 Å². The van der Waals surface area contributed by atoms with Crippen molar-refractivity contribution in [3.05, 3.63) is 35.4 Å². The van der Waals surface area contributed by atoms with Crippen LogP contribution in [0.1, 0.15) is 54.4 Å². The summed E-state index contributed by atoms with van der Waals surface area (Å²) in [6.07, 6.45) is 7.24. The molecule has 0 aromatic heterocycles. The van der Waals surface area contributed by atoms with Crippen LogP contribution in [0.4, 0.5) is 0 Å². The number of hydrogen-bond acceptors (Lipinski definition) is 3. The molecule has 2 fully saturated rings. The van der Waals surface area contributed by atoms with E-state index < -0.39 is 0 Å². The molecule has 1 aromatic rings. The maximum Gasteiger partial charge on any atom is 0.253 e. The number of amides is 1. The normalized spacial score (nSPS) is 20.1. The van der Waals surface area contributed by atoms with Crippen molar-refractivity contribution in [2.24, 2.45) is 0 Å². The monoisotopic (exact) mass is 302 g/mol. The van der Waals surface area contributed by atoms with Crippen LogP contribution in [0.3, 0.4) is 0 Å². The van der Waals surface area contributed by atoms with Crippen LogP contribution in [-0.2, 0) is 11.4 Å². The molecule has 3 rings (SSSR count). The fraction of sp³-hybridized carbons (Fsp3) is 0.611. The van der Waals surface area contributed by atoms with Crippen LogP contribution in [0.25, 0.3) is 0 Å². The quantitative estimate of drug-likeness (QED) is 0.856. The second-order valence-corrected chi connectivity index (χ2v) is 6.32. The molecule has 2 aliphatic rings. The highest BCUT2D eigenvalue weighted by Gasteiger charge is 2.18. The molecule has 1 amide bonds. The van der Waals surface area contributed by atoms with E-state index in [2.05, 4.69) is 5.06 Å². The molecule has 0 saturated carbocycles. The summed E-state index contributed by atoms with van der Waals surface area (Å²) in [5.74, 6) is 0.166. The summed E-state index contributed by atoms with van der Waals surface area (Å²) in [4.78, 5) is 20.4. The van der Waals surface area contributed by atoms with Gasteiger partial charge < -0.3 is 4.90 Å². The van der Waals surface area contributed by atoms with Crippen molar-refractivity contribution in [3.8, 4) is 0 Å². The van der Waals surface area contributed by atoms with Crippen molar-refractivity contribution in [1.82, 2.24) is 9.96 Å². The summed E-state index contributed by atoms with van der Waals surface area (Å²) in [5.41, 5.74) is 1.87. The topological polar surface area (TPSA) is 32.8 Å². The first kappa shape index (κ1) is 15.5. The minimum absolute atomic E-state index is 0.166. The summed E-state index contributed by atoms with van der Waals surface area (Å²) in [7, 11) is 0. The fourth-order valence-electron chi connectivity index (χ4n) is 3.23. The molecular formula is C18H26N2O2. The second kappa shape index (κ2) is 7.75. The molecule has 120 valence electrons. The van der Waals surface area contributed by atoms with Crippen molar-refractivity contribution in [2.75, 3.05) is 26.2 Å². The molecule has 0 aliphatic carbocycles. The number of rotatable bonds is 4. The summed E-state index contributed by atoms with van der Waals surface area (Å²) in [6.45, 7) is 4.39. The molecule has 2 heterocycles. The molecule has 0 radical (unpaired) electrons. The van der Waals surface area contributed by atoms with E-state index in [9.17, 15) is 4.79 Å². The van der Waals surface area contributed by atoms with Crippen molar-refractivity contribution in [3.63, 3.8) is 0 Å². The Labute approximate surface area is 133 Å². The van der Waals surface area contributed by atoms with Crippen LogP contribution in [0.5, 0.6) is 0 Å². The Kier molecular flexibility index (Phi) is 5.46. The molecule has 0 atom stereocenters. The fourth-order valence-corrected chi connectivity index (χ4v) is 3.23. The molecule has 0 spiro atoms. The van der Waals surface area contributed by atoms with Gasteiger partial charge in [0.15, 0.2) is 0 Å². The van der Waals surface area contributed by atoms with Crippen LogP contribution < -0.4 is 0 Å². The van der Waals surface area contributed by atoms with Gasteiger partial charge in [-0.1, -0.05) is 18.6 Å². The Hall–Kier alpha value is -1.39. The highest BCUT2D eigenvalue weighted by molar-refractivity contribution is 5.94. The van der Waals surface area contributed by atoms with Crippen LogP contribution in [0.15, 0.2) is 24.3 Å². The minimum Gasteiger partial charge on any atom is -0.339 e. The van der Waals surface area contributed by atoms with Gasteiger partial charge in [0.2, 0.25) is 0 Å². The third-order valence-electron chi connectivity index (χ3n) is 4.55. The van der Waals surface area contributed by atoms with E-state index in [-0.39, 0.29) is 5.91 Å². The highest BCUT2D eigenvalue weighted by atomic mass is 16.7. The minimum atomic E-state index is 0.166. The van der Waals surface area contributed by atoms with E-state index in [4.69, 9.17) is 4.84 Å².